The van der Waals surface area contributed by atoms with Crippen molar-refractivity contribution in [2.75, 3.05) is 5.73 Å². The third kappa shape index (κ3) is 3.22. The largest absolute Gasteiger partial charge is 0.382 e. The van der Waals surface area contributed by atoms with Crippen LogP contribution in [-0.2, 0) is 13.6 Å². The minimum Gasteiger partial charge on any atom is -0.382 e. The number of aromatic nitrogens is 7. The van der Waals surface area contributed by atoms with Crippen molar-refractivity contribution in [3.63, 3.8) is 0 Å². The number of nitriles is 1. The van der Waals surface area contributed by atoms with Crippen LogP contribution < -0.4 is 5.73 Å². The second-order valence-corrected chi connectivity index (χ2v) is 7.11. The molecule has 0 amide bonds. The zero-order valence-corrected chi connectivity index (χ0v) is 16.9. The van der Waals surface area contributed by atoms with Crippen molar-refractivity contribution in [3.8, 4) is 28.6 Å². The van der Waals surface area contributed by atoms with Gasteiger partial charge in [0, 0.05) is 25.0 Å². The van der Waals surface area contributed by atoms with Crippen LogP contribution in [0.1, 0.15) is 11.3 Å². The lowest BCUT2D eigenvalue weighted by Gasteiger charge is -2.11. The summed E-state index contributed by atoms with van der Waals surface area (Å²) >= 11 is 0. The van der Waals surface area contributed by atoms with E-state index in [1.54, 1.807) is 36.1 Å². The maximum Gasteiger partial charge on any atom is 0.156 e. The minimum atomic E-state index is -0.444. The van der Waals surface area contributed by atoms with Gasteiger partial charge in [-0.1, -0.05) is 12.1 Å². The maximum atomic E-state index is 14.1. The minimum absolute atomic E-state index is 0.0326. The standard InChI is InChI=1S/C22H16FN9/c1-31-17(7-9-27-31)18-19(14-5-2-4-13(10-14)11-24)28-22(25)21-20(18)29-32(30-21)12-16-15(23)6-3-8-26-16/h2-10H,12H2,1H3,(H2,25,28). The molecule has 5 rings (SSSR count). The van der Waals surface area contributed by atoms with E-state index in [0.29, 0.717) is 33.4 Å². The number of pyridine rings is 2. The average Bonchev–Trinajstić information content (AvgIpc) is 3.42. The van der Waals surface area contributed by atoms with E-state index in [9.17, 15) is 9.65 Å². The monoisotopic (exact) mass is 425 g/mol. The van der Waals surface area contributed by atoms with Gasteiger partial charge in [0.15, 0.2) is 11.3 Å². The van der Waals surface area contributed by atoms with Crippen molar-refractivity contribution in [1.82, 2.24) is 34.7 Å². The molecule has 156 valence electrons. The quantitative estimate of drug-likeness (QED) is 0.469. The molecule has 0 spiro atoms. The van der Waals surface area contributed by atoms with Crippen molar-refractivity contribution in [2.45, 2.75) is 6.54 Å². The summed E-state index contributed by atoms with van der Waals surface area (Å²) in [5, 5.41) is 22.6. The second kappa shape index (κ2) is 7.55. The molecule has 0 saturated carbocycles. The number of nitrogens with zero attached hydrogens (tertiary/aromatic N) is 8. The van der Waals surface area contributed by atoms with E-state index in [0.717, 1.165) is 5.69 Å². The number of aryl methyl sites for hydroxylation is 1. The number of fused-ring (bicyclic) bond motifs is 1. The number of rotatable bonds is 4. The van der Waals surface area contributed by atoms with Crippen LogP contribution in [0.4, 0.5) is 10.2 Å². The van der Waals surface area contributed by atoms with Gasteiger partial charge in [0.1, 0.15) is 17.9 Å². The third-order valence-electron chi connectivity index (χ3n) is 5.07. The Labute approximate surface area is 181 Å². The van der Waals surface area contributed by atoms with Gasteiger partial charge < -0.3 is 5.73 Å². The van der Waals surface area contributed by atoms with Crippen LogP contribution in [0, 0.1) is 17.1 Å². The van der Waals surface area contributed by atoms with Crippen LogP contribution >= 0.6 is 0 Å². The molecule has 1 aromatic carbocycles. The lowest BCUT2D eigenvalue weighted by molar-refractivity contribution is 0.540. The first-order valence-electron chi connectivity index (χ1n) is 9.68. The van der Waals surface area contributed by atoms with Crippen molar-refractivity contribution in [3.05, 3.63) is 71.9 Å². The molecule has 32 heavy (non-hydrogen) atoms. The Morgan fingerprint density at radius 1 is 1.09 bits per heavy atom. The Kier molecular flexibility index (Phi) is 4.56. The molecule has 0 aliphatic carbocycles. The fraction of sp³-hybridized carbons (Fsp3) is 0.0909. The highest BCUT2D eigenvalue weighted by molar-refractivity contribution is 6.02. The van der Waals surface area contributed by atoms with Crippen LogP contribution in [-0.4, -0.2) is 34.7 Å². The van der Waals surface area contributed by atoms with Crippen LogP contribution in [0.3, 0.4) is 0 Å². The van der Waals surface area contributed by atoms with Gasteiger partial charge in [-0.25, -0.2) is 9.37 Å². The summed E-state index contributed by atoms with van der Waals surface area (Å²) in [6.45, 7) is 0.0326. The average molecular weight is 425 g/mol. The van der Waals surface area contributed by atoms with Gasteiger partial charge in [0.2, 0.25) is 0 Å². The molecule has 0 fully saturated rings. The molecule has 0 unspecified atom stereocenters. The molecule has 5 aromatic rings. The zero-order chi connectivity index (χ0) is 22.2. The molecule has 4 heterocycles. The number of hydrogen-bond donors (Lipinski definition) is 1. The van der Waals surface area contributed by atoms with E-state index in [1.807, 2.05) is 12.1 Å². The highest BCUT2D eigenvalue weighted by Gasteiger charge is 2.22. The molecule has 0 aliphatic rings. The molecule has 0 atom stereocenters. The maximum absolute atomic E-state index is 14.1. The summed E-state index contributed by atoms with van der Waals surface area (Å²) in [5.41, 5.74) is 10.5. The Hall–Kier alpha value is -4.65. The number of halogens is 1. The summed E-state index contributed by atoms with van der Waals surface area (Å²) in [6, 6.07) is 13.9. The first kappa shape index (κ1) is 19.3. The number of anilines is 1. The van der Waals surface area contributed by atoms with Crippen molar-refractivity contribution >= 4 is 16.9 Å². The summed E-state index contributed by atoms with van der Waals surface area (Å²) in [4.78, 5) is 10.0. The molecule has 10 heteroatoms. The first-order chi connectivity index (χ1) is 15.5. The highest BCUT2D eigenvalue weighted by Crippen LogP contribution is 2.37. The zero-order valence-electron chi connectivity index (χ0n) is 16.9. The molecule has 0 aliphatic heterocycles. The molecule has 2 N–H and O–H groups in total. The lowest BCUT2D eigenvalue weighted by Crippen LogP contribution is -2.07. The van der Waals surface area contributed by atoms with Crippen LogP contribution in [0.2, 0.25) is 0 Å². The van der Waals surface area contributed by atoms with Crippen LogP contribution in [0.25, 0.3) is 33.5 Å². The number of benzene rings is 1. The van der Waals surface area contributed by atoms with E-state index in [4.69, 9.17) is 5.73 Å². The fourth-order valence-corrected chi connectivity index (χ4v) is 3.58. The molecule has 0 bridgehead atoms. The Balaban J connectivity index is 1.77. The van der Waals surface area contributed by atoms with E-state index in [-0.39, 0.29) is 18.1 Å². The van der Waals surface area contributed by atoms with E-state index < -0.39 is 5.82 Å². The van der Waals surface area contributed by atoms with Crippen molar-refractivity contribution < 1.29 is 4.39 Å². The predicted molar refractivity (Wildman–Crippen MR) is 115 cm³/mol. The van der Waals surface area contributed by atoms with E-state index in [2.05, 4.69) is 31.3 Å². The van der Waals surface area contributed by atoms with Gasteiger partial charge in [0.05, 0.1) is 34.3 Å². The summed E-state index contributed by atoms with van der Waals surface area (Å²) in [7, 11) is 1.81. The molecule has 0 radical (unpaired) electrons. The number of nitrogen functional groups attached to an aromatic ring is 1. The Morgan fingerprint density at radius 3 is 2.69 bits per heavy atom. The predicted octanol–water partition coefficient (Wildman–Crippen LogP) is 2.93. The van der Waals surface area contributed by atoms with Gasteiger partial charge in [-0.05, 0) is 30.3 Å². The van der Waals surface area contributed by atoms with E-state index >= 15 is 0 Å². The summed E-state index contributed by atoms with van der Waals surface area (Å²) < 4.78 is 15.8. The normalized spacial score (nSPS) is 11.0. The summed E-state index contributed by atoms with van der Waals surface area (Å²) in [5.74, 6) is -0.267. The Morgan fingerprint density at radius 2 is 1.94 bits per heavy atom. The lowest BCUT2D eigenvalue weighted by atomic mass is 10.00. The molecular formula is C22H16FN9. The molecular weight excluding hydrogens is 409 g/mol. The number of nitrogens with two attached hydrogens (primary N) is 1. The highest BCUT2D eigenvalue weighted by atomic mass is 19.1. The second-order valence-electron chi connectivity index (χ2n) is 7.11. The molecule has 9 nitrogen and oxygen atoms in total. The van der Waals surface area contributed by atoms with Crippen molar-refractivity contribution in [2.24, 2.45) is 7.05 Å². The van der Waals surface area contributed by atoms with E-state index in [1.165, 1.54) is 23.1 Å². The molecule has 4 aromatic heterocycles. The van der Waals surface area contributed by atoms with Crippen LogP contribution in [0.5, 0.6) is 0 Å². The third-order valence-corrected chi connectivity index (χ3v) is 5.07. The topological polar surface area (TPSA) is 124 Å². The Bertz CT molecular complexity index is 1510. The van der Waals surface area contributed by atoms with Gasteiger partial charge in [-0.2, -0.15) is 20.3 Å². The first-order valence-corrected chi connectivity index (χ1v) is 9.68. The van der Waals surface area contributed by atoms with Crippen molar-refractivity contribution in [1.29, 1.82) is 5.26 Å². The number of hydrogen-bond acceptors (Lipinski definition) is 7. The van der Waals surface area contributed by atoms with Crippen LogP contribution in [0.15, 0.2) is 54.9 Å². The van der Waals surface area contributed by atoms with Gasteiger partial charge in [-0.3, -0.25) is 9.67 Å². The SMILES string of the molecule is Cn1nccc1-c1c(-c2cccc(C#N)c2)nc(N)c2nn(Cc3ncccc3F)nc12. The van der Waals surface area contributed by atoms with Gasteiger partial charge in [0.25, 0.3) is 0 Å². The fourth-order valence-electron chi connectivity index (χ4n) is 3.58. The van der Waals surface area contributed by atoms with Gasteiger partial charge >= 0.3 is 0 Å². The molecule has 0 saturated heterocycles. The summed E-state index contributed by atoms with van der Waals surface area (Å²) in [6.07, 6.45) is 3.18. The van der Waals surface area contributed by atoms with Gasteiger partial charge in [-0.15, -0.1) is 5.10 Å². The smallest absolute Gasteiger partial charge is 0.156 e.